The number of nitrogens with one attached hydrogen (secondary N) is 2. The molecule has 30 heavy (non-hydrogen) atoms. The maximum atomic E-state index is 12.2. The van der Waals surface area contributed by atoms with Gasteiger partial charge in [0.15, 0.2) is 5.82 Å². The number of amides is 2. The van der Waals surface area contributed by atoms with Gasteiger partial charge in [-0.3, -0.25) is 10.00 Å². The van der Waals surface area contributed by atoms with Crippen LogP contribution < -0.4 is 15.5 Å². The first-order valence-electron chi connectivity index (χ1n) is 10.6. The first-order chi connectivity index (χ1) is 14.7. The van der Waals surface area contributed by atoms with E-state index in [9.17, 15) is 4.79 Å². The second-order valence-electron chi connectivity index (χ2n) is 7.99. The quantitative estimate of drug-likeness (QED) is 0.782. The zero-order valence-corrected chi connectivity index (χ0v) is 16.9. The lowest BCUT2D eigenvalue weighted by atomic mass is 9.96. The van der Waals surface area contributed by atoms with Crippen LogP contribution in [-0.2, 0) is 22.6 Å². The molecule has 3 aliphatic rings. The van der Waals surface area contributed by atoms with Crippen LogP contribution in [0.5, 0.6) is 0 Å². The van der Waals surface area contributed by atoms with Gasteiger partial charge in [0.1, 0.15) is 0 Å². The summed E-state index contributed by atoms with van der Waals surface area (Å²) < 4.78 is 12.7. The van der Waals surface area contributed by atoms with Gasteiger partial charge in [0.2, 0.25) is 5.95 Å². The molecule has 0 saturated carbocycles. The van der Waals surface area contributed by atoms with Gasteiger partial charge in [-0.15, -0.1) is 0 Å². The Morgan fingerprint density at radius 3 is 2.83 bits per heavy atom. The number of hydrogen-bond donors (Lipinski definition) is 2. The van der Waals surface area contributed by atoms with Gasteiger partial charge in [-0.25, -0.2) is 14.8 Å². The fraction of sp³-hybridized carbons (Fsp3) is 0.600. The summed E-state index contributed by atoms with van der Waals surface area (Å²) in [5.41, 5.74) is 2.12. The highest BCUT2D eigenvalue weighted by atomic mass is 16.5. The minimum Gasteiger partial charge on any atom is -0.381 e. The Hall–Kier alpha value is -2.72. The number of anilines is 2. The average Bonchev–Trinajstić information content (AvgIpc) is 3.43. The summed E-state index contributed by atoms with van der Waals surface area (Å²) in [7, 11) is 0. The Morgan fingerprint density at radius 1 is 1.13 bits per heavy atom. The lowest BCUT2D eigenvalue weighted by Crippen LogP contribution is -2.38. The molecule has 2 amide bonds. The van der Waals surface area contributed by atoms with Crippen molar-refractivity contribution in [2.45, 2.75) is 44.3 Å². The largest absolute Gasteiger partial charge is 0.381 e. The van der Waals surface area contributed by atoms with E-state index >= 15 is 0 Å². The molecule has 0 aromatic carbocycles. The standard InChI is InChI=1S/C20H27N7O3/c28-20(22-15-4-10-30-13-15)24-18-11-16-12-26(6-7-27(16)25-18)19-21-5-1-17(23-19)14-2-8-29-9-3-14/h1,5,11,14-15H,2-4,6-10,12-13H2,(H2,22,24,25,28)/t15-/m1/s1. The molecule has 0 aliphatic carbocycles. The zero-order chi connectivity index (χ0) is 20.3. The van der Waals surface area contributed by atoms with Gasteiger partial charge in [0, 0.05) is 50.2 Å². The van der Waals surface area contributed by atoms with Gasteiger partial charge in [0.25, 0.3) is 0 Å². The third-order valence-corrected chi connectivity index (χ3v) is 5.89. The molecule has 10 heteroatoms. The molecule has 2 saturated heterocycles. The smallest absolute Gasteiger partial charge is 0.320 e. The Labute approximate surface area is 175 Å². The molecule has 5 rings (SSSR count). The predicted molar refractivity (Wildman–Crippen MR) is 109 cm³/mol. The molecule has 0 spiro atoms. The molecule has 0 bridgehead atoms. The maximum Gasteiger partial charge on any atom is 0.320 e. The molecule has 1 atom stereocenters. The van der Waals surface area contributed by atoms with Crippen LogP contribution in [0.25, 0.3) is 0 Å². The van der Waals surface area contributed by atoms with E-state index in [0.717, 1.165) is 62.9 Å². The van der Waals surface area contributed by atoms with Crippen molar-refractivity contribution in [2.75, 3.05) is 43.2 Å². The van der Waals surface area contributed by atoms with E-state index in [0.29, 0.717) is 31.5 Å². The summed E-state index contributed by atoms with van der Waals surface area (Å²) in [5.74, 6) is 1.75. The number of urea groups is 1. The molecular weight excluding hydrogens is 386 g/mol. The highest BCUT2D eigenvalue weighted by Crippen LogP contribution is 2.27. The summed E-state index contributed by atoms with van der Waals surface area (Å²) in [6.45, 7) is 5.00. The topological polar surface area (TPSA) is 106 Å². The molecule has 160 valence electrons. The van der Waals surface area contributed by atoms with Gasteiger partial charge >= 0.3 is 6.03 Å². The zero-order valence-electron chi connectivity index (χ0n) is 16.9. The minimum atomic E-state index is -0.245. The SMILES string of the molecule is O=C(Nc1cc2n(n1)CCN(c1nccc(C3CCOCC3)n1)C2)N[C@@H]1CCOC1. The predicted octanol–water partition coefficient (Wildman–Crippen LogP) is 1.50. The van der Waals surface area contributed by atoms with Gasteiger partial charge in [-0.1, -0.05) is 0 Å². The van der Waals surface area contributed by atoms with E-state index in [1.165, 1.54) is 0 Å². The third kappa shape index (κ3) is 4.24. The lowest BCUT2D eigenvalue weighted by molar-refractivity contribution is 0.0845. The second kappa shape index (κ2) is 8.57. The van der Waals surface area contributed by atoms with E-state index < -0.39 is 0 Å². The van der Waals surface area contributed by atoms with E-state index in [1.54, 1.807) is 0 Å². The number of fused-ring (bicyclic) bond motifs is 1. The molecule has 2 fully saturated rings. The monoisotopic (exact) mass is 413 g/mol. The van der Waals surface area contributed by atoms with E-state index in [1.807, 2.05) is 23.0 Å². The van der Waals surface area contributed by atoms with Crippen molar-refractivity contribution in [2.24, 2.45) is 0 Å². The van der Waals surface area contributed by atoms with Gasteiger partial charge < -0.3 is 19.7 Å². The Kier molecular flexibility index (Phi) is 5.50. The van der Waals surface area contributed by atoms with E-state index in [-0.39, 0.29) is 12.1 Å². The summed E-state index contributed by atoms with van der Waals surface area (Å²) in [6.07, 6.45) is 4.71. The average molecular weight is 413 g/mol. The number of hydrogen-bond acceptors (Lipinski definition) is 7. The summed E-state index contributed by atoms with van der Waals surface area (Å²) >= 11 is 0. The molecule has 2 aromatic rings. The fourth-order valence-electron chi connectivity index (χ4n) is 4.22. The lowest BCUT2D eigenvalue weighted by Gasteiger charge is -2.28. The number of carbonyl (C=O) groups is 1. The normalized spacial score (nSPS) is 22.0. The van der Waals surface area contributed by atoms with Crippen molar-refractivity contribution in [3.8, 4) is 0 Å². The van der Waals surface area contributed by atoms with Crippen molar-refractivity contribution in [1.82, 2.24) is 25.1 Å². The van der Waals surface area contributed by atoms with Crippen LogP contribution in [-0.4, -0.2) is 64.8 Å². The molecule has 3 aliphatic heterocycles. The molecule has 5 heterocycles. The molecule has 2 aromatic heterocycles. The first kappa shape index (κ1) is 19.3. The number of carbonyl (C=O) groups excluding carboxylic acids is 1. The van der Waals surface area contributed by atoms with Gasteiger partial charge in [0.05, 0.1) is 31.4 Å². The number of nitrogens with zero attached hydrogens (tertiary/aromatic N) is 5. The fourth-order valence-corrected chi connectivity index (χ4v) is 4.22. The number of aromatic nitrogens is 4. The summed E-state index contributed by atoms with van der Waals surface area (Å²) in [4.78, 5) is 23.7. The second-order valence-corrected chi connectivity index (χ2v) is 7.99. The van der Waals surface area contributed by atoms with Crippen molar-refractivity contribution in [3.05, 3.63) is 29.7 Å². The number of rotatable bonds is 4. The Morgan fingerprint density at radius 2 is 2.00 bits per heavy atom. The van der Waals surface area contributed by atoms with Crippen LogP contribution in [0.2, 0.25) is 0 Å². The first-order valence-corrected chi connectivity index (χ1v) is 10.6. The molecule has 0 unspecified atom stereocenters. The molecular formula is C20H27N7O3. The van der Waals surface area contributed by atoms with Crippen molar-refractivity contribution < 1.29 is 14.3 Å². The number of ether oxygens (including phenoxy) is 2. The molecule has 2 N–H and O–H groups in total. The van der Waals surface area contributed by atoms with Gasteiger partial charge in [-0.2, -0.15) is 5.10 Å². The van der Waals surface area contributed by atoms with E-state index in [2.05, 4.69) is 25.6 Å². The summed E-state index contributed by atoms with van der Waals surface area (Å²) in [5, 5.41) is 10.3. The van der Waals surface area contributed by atoms with Gasteiger partial charge in [-0.05, 0) is 25.3 Å². The van der Waals surface area contributed by atoms with Crippen molar-refractivity contribution in [1.29, 1.82) is 0 Å². The minimum absolute atomic E-state index is 0.0675. The van der Waals surface area contributed by atoms with Crippen LogP contribution in [0, 0.1) is 0 Å². The van der Waals surface area contributed by atoms with Crippen LogP contribution in [0.15, 0.2) is 18.3 Å². The van der Waals surface area contributed by atoms with Crippen LogP contribution in [0.4, 0.5) is 16.6 Å². The van der Waals surface area contributed by atoms with Crippen molar-refractivity contribution in [3.63, 3.8) is 0 Å². The highest BCUT2D eigenvalue weighted by molar-refractivity contribution is 5.88. The molecule has 0 radical (unpaired) electrons. The summed E-state index contributed by atoms with van der Waals surface area (Å²) in [6, 6.07) is 3.76. The maximum absolute atomic E-state index is 12.2. The van der Waals surface area contributed by atoms with E-state index in [4.69, 9.17) is 14.5 Å². The van der Waals surface area contributed by atoms with Crippen LogP contribution in [0.1, 0.15) is 36.6 Å². The van der Waals surface area contributed by atoms with Crippen LogP contribution >= 0.6 is 0 Å². The van der Waals surface area contributed by atoms with Crippen LogP contribution in [0.3, 0.4) is 0 Å². The van der Waals surface area contributed by atoms with Crippen molar-refractivity contribution >= 4 is 17.8 Å². The Balaban J connectivity index is 1.23. The third-order valence-electron chi connectivity index (χ3n) is 5.89. The highest BCUT2D eigenvalue weighted by Gasteiger charge is 2.24. The molecule has 10 nitrogen and oxygen atoms in total. The Bertz CT molecular complexity index is 890.